The monoisotopic (exact) mass is 280 g/mol. The summed E-state index contributed by atoms with van der Waals surface area (Å²) in [5, 5.41) is 11.9. The van der Waals surface area contributed by atoms with E-state index in [4.69, 9.17) is 9.84 Å². The van der Waals surface area contributed by atoms with E-state index in [0.717, 1.165) is 11.3 Å². The molecule has 1 aromatic carbocycles. The Balaban J connectivity index is 2.79. The lowest BCUT2D eigenvalue weighted by molar-refractivity contribution is 0.119. The Kier molecular flexibility index (Phi) is 6.48. The quantitative estimate of drug-likeness (QED) is 0.842. The molecule has 2 amide bonds. The van der Waals surface area contributed by atoms with Crippen molar-refractivity contribution in [3.05, 3.63) is 29.8 Å². The third kappa shape index (κ3) is 4.51. The second-order valence-corrected chi connectivity index (χ2v) is 4.94. The molecule has 1 atom stereocenters. The standard InChI is InChI=1S/C15H24N2O3/c1-11(2)17(8-9-18)15(19)16-14-7-5-6-13(10-14)12(3)20-4/h5-7,10-12,18H,8-9H2,1-4H3,(H,16,19)/t12-/m1/s1. The van der Waals surface area contributed by atoms with Crippen LogP contribution in [0.3, 0.4) is 0 Å². The van der Waals surface area contributed by atoms with Crippen LogP contribution in [0.25, 0.3) is 0 Å². The molecule has 0 spiro atoms. The zero-order valence-electron chi connectivity index (χ0n) is 12.6. The Morgan fingerprint density at radius 3 is 2.65 bits per heavy atom. The van der Waals surface area contributed by atoms with Gasteiger partial charge < -0.3 is 20.1 Å². The van der Waals surface area contributed by atoms with Gasteiger partial charge in [0, 0.05) is 25.4 Å². The van der Waals surface area contributed by atoms with E-state index in [0.29, 0.717) is 6.54 Å². The fourth-order valence-electron chi connectivity index (χ4n) is 1.90. The fraction of sp³-hybridized carbons (Fsp3) is 0.533. The van der Waals surface area contributed by atoms with Gasteiger partial charge in [-0.1, -0.05) is 12.1 Å². The molecule has 0 aromatic heterocycles. The van der Waals surface area contributed by atoms with Crippen LogP contribution in [0.2, 0.25) is 0 Å². The van der Waals surface area contributed by atoms with Crippen LogP contribution in [0, 0.1) is 0 Å². The van der Waals surface area contributed by atoms with Crippen molar-refractivity contribution in [1.29, 1.82) is 0 Å². The number of rotatable bonds is 6. The molecule has 2 N–H and O–H groups in total. The van der Waals surface area contributed by atoms with E-state index in [2.05, 4.69) is 5.32 Å². The van der Waals surface area contributed by atoms with Gasteiger partial charge in [0.05, 0.1) is 12.7 Å². The molecule has 0 radical (unpaired) electrons. The Bertz CT molecular complexity index is 435. The molecular formula is C15H24N2O3. The normalized spacial score (nSPS) is 12.3. The predicted molar refractivity (Wildman–Crippen MR) is 79.8 cm³/mol. The molecule has 5 heteroatoms. The number of carbonyl (C=O) groups excluding carboxylic acids is 1. The van der Waals surface area contributed by atoms with Gasteiger partial charge >= 0.3 is 6.03 Å². The van der Waals surface area contributed by atoms with Crippen molar-refractivity contribution in [2.24, 2.45) is 0 Å². The molecule has 0 saturated carbocycles. The summed E-state index contributed by atoms with van der Waals surface area (Å²) in [7, 11) is 1.65. The van der Waals surface area contributed by atoms with Gasteiger partial charge in [-0.05, 0) is 38.5 Å². The van der Waals surface area contributed by atoms with E-state index in [1.165, 1.54) is 0 Å². The highest BCUT2D eigenvalue weighted by Crippen LogP contribution is 2.20. The second kappa shape index (κ2) is 7.87. The number of nitrogens with zero attached hydrogens (tertiary/aromatic N) is 1. The maximum absolute atomic E-state index is 12.2. The molecular weight excluding hydrogens is 256 g/mol. The molecule has 0 unspecified atom stereocenters. The van der Waals surface area contributed by atoms with Crippen LogP contribution in [0.15, 0.2) is 24.3 Å². The minimum Gasteiger partial charge on any atom is -0.395 e. The van der Waals surface area contributed by atoms with Crippen molar-refractivity contribution in [3.63, 3.8) is 0 Å². The summed E-state index contributed by atoms with van der Waals surface area (Å²) in [6.07, 6.45) is -0.0227. The molecule has 5 nitrogen and oxygen atoms in total. The van der Waals surface area contributed by atoms with Crippen molar-refractivity contribution in [2.45, 2.75) is 32.9 Å². The van der Waals surface area contributed by atoms with Crippen LogP contribution in [0.4, 0.5) is 10.5 Å². The van der Waals surface area contributed by atoms with Crippen LogP contribution in [0.1, 0.15) is 32.4 Å². The number of hydrogen-bond donors (Lipinski definition) is 2. The van der Waals surface area contributed by atoms with E-state index >= 15 is 0 Å². The molecule has 1 aromatic rings. The smallest absolute Gasteiger partial charge is 0.322 e. The summed E-state index contributed by atoms with van der Waals surface area (Å²) >= 11 is 0. The molecule has 0 fully saturated rings. The predicted octanol–water partition coefficient (Wildman–Crippen LogP) is 2.63. The van der Waals surface area contributed by atoms with Gasteiger partial charge in [0.2, 0.25) is 0 Å². The third-order valence-electron chi connectivity index (χ3n) is 3.19. The SMILES string of the molecule is CO[C@H](C)c1cccc(NC(=O)N(CCO)C(C)C)c1. The van der Waals surface area contributed by atoms with E-state index in [-0.39, 0.29) is 24.8 Å². The highest BCUT2D eigenvalue weighted by Gasteiger charge is 2.16. The fourth-order valence-corrected chi connectivity index (χ4v) is 1.90. The number of nitrogens with one attached hydrogen (secondary N) is 1. The number of aliphatic hydroxyl groups excluding tert-OH is 1. The molecule has 1 rings (SSSR count). The minimum absolute atomic E-state index is 0.0227. The van der Waals surface area contributed by atoms with Crippen molar-refractivity contribution in [1.82, 2.24) is 4.90 Å². The first-order valence-corrected chi connectivity index (χ1v) is 6.80. The number of aliphatic hydroxyl groups is 1. The number of anilines is 1. The molecule has 112 valence electrons. The molecule has 0 aliphatic heterocycles. The first kappa shape index (κ1) is 16.5. The van der Waals surface area contributed by atoms with Gasteiger partial charge in [-0.2, -0.15) is 0 Å². The Morgan fingerprint density at radius 1 is 1.40 bits per heavy atom. The largest absolute Gasteiger partial charge is 0.395 e. The maximum Gasteiger partial charge on any atom is 0.322 e. The Labute approximate surface area is 120 Å². The summed E-state index contributed by atoms with van der Waals surface area (Å²) in [5.41, 5.74) is 1.73. The molecule has 0 saturated heterocycles. The lowest BCUT2D eigenvalue weighted by atomic mass is 10.1. The highest BCUT2D eigenvalue weighted by atomic mass is 16.5. The highest BCUT2D eigenvalue weighted by molar-refractivity contribution is 5.89. The Morgan fingerprint density at radius 2 is 2.10 bits per heavy atom. The van der Waals surface area contributed by atoms with E-state index < -0.39 is 0 Å². The van der Waals surface area contributed by atoms with Crippen LogP contribution < -0.4 is 5.32 Å². The second-order valence-electron chi connectivity index (χ2n) is 4.94. The Hall–Kier alpha value is -1.59. The van der Waals surface area contributed by atoms with Gasteiger partial charge in [0.1, 0.15) is 0 Å². The number of hydrogen-bond acceptors (Lipinski definition) is 3. The summed E-state index contributed by atoms with van der Waals surface area (Å²) in [5.74, 6) is 0. The topological polar surface area (TPSA) is 61.8 Å². The zero-order valence-corrected chi connectivity index (χ0v) is 12.6. The van der Waals surface area contributed by atoms with Gasteiger partial charge in [-0.25, -0.2) is 4.79 Å². The van der Waals surface area contributed by atoms with Crippen molar-refractivity contribution < 1.29 is 14.6 Å². The van der Waals surface area contributed by atoms with Crippen LogP contribution in [0.5, 0.6) is 0 Å². The summed E-state index contributed by atoms with van der Waals surface area (Å²) < 4.78 is 5.26. The van der Waals surface area contributed by atoms with Crippen molar-refractivity contribution >= 4 is 11.7 Å². The third-order valence-corrected chi connectivity index (χ3v) is 3.19. The molecule has 20 heavy (non-hydrogen) atoms. The number of benzene rings is 1. The number of carbonyl (C=O) groups is 1. The first-order valence-electron chi connectivity index (χ1n) is 6.80. The van der Waals surface area contributed by atoms with Gasteiger partial charge in [-0.15, -0.1) is 0 Å². The number of urea groups is 1. The van der Waals surface area contributed by atoms with E-state index in [1.54, 1.807) is 12.0 Å². The summed E-state index contributed by atoms with van der Waals surface area (Å²) in [6.45, 7) is 6.05. The minimum atomic E-state index is -0.212. The van der Waals surface area contributed by atoms with Gasteiger partial charge in [-0.3, -0.25) is 0 Å². The van der Waals surface area contributed by atoms with Gasteiger partial charge in [0.15, 0.2) is 0 Å². The van der Waals surface area contributed by atoms with Crippen LogP contribution in [-0.4, -0.2) is 42.3 Å². The van der Waals surface area contributed by atoms with Crippen LogP contribution in [-0.2, 0) is 4.74 Å². The lowest BCUT2D eigenvalue weighted by Crippen LogP contribution is -2.41. The van der Waals surface area contributed by atoms with Gasteiger partial charge in [0.25, 0.3) is 0 Å². The lowest BCUT2D eigenvalue weighted by Gasteiger charge is -2.26. The number of amides is 2. The summed E-state index contributed by atoms with van der Waals surface area (Å²) in [4.78, 5) is 13.8. The molecule has 0 aliphatic carbocycles. The summed E-state index contributed by atoms with van der Waals surface area (Å²) in [6, 6.07) is 7.38. The molecule has 0 heterocycles. The first-order chi connectivity index (χ1) is 9.49. The van der Waals surface area contributed by atoms with Crippen LogP contribution >= 0.6 is 0 Å². The molecule has 0 bridgehead atoms. The van der Waals surface area contributed by atoms with E-state index in [9.17, 15) is 4.79 Å². The van der Waals surface area contributed by atoms with E-state index in [1.807, 2.05) is 45.0 Å². The average molecular weight is 280 g/mol. The maximum atomic E-state index is 12.2. The number of ether oxygens (including phenoxy) is 1. The average Bonchev–Trinajstić information content (AvgIpc) is 2.43. The zero-order chi connectivity index (χ0) is 15.1. The molecule has 0 aliphatic rings. The number of methoxy groups -OCH3 is 1. The van der Waals surface area contributed by atoms with Crippen molar-refractivity contribution in [2.75, 3.05) is 25.6 Å². The van der Waals surface area contributed by atoms with Crippen molar-refractivity contribution in [3.8, 4) is 0 Å².